The van der Waals surface area contributed by atoms with Crippen molar-refractivity contribution >= 4 is 33.3 Å². The van der Waals surface area contributed by atoms with Gasteiger partial charge in [-0.1, -0.05) is 6.07 Å². The largest absolute Gasteiger partial charge is 0.464 e. The van der Waals surface area contributed by atoms with Gasteiger partial charge < -0.3 is 14.2 Å². The third kappa shape index (κ3) is 2.95. The number of imidazole rings is 1. The molecular formula is C22H21N5O2S. The van der Waals surface area contributed by atoms with E-state index in [-0.39, 0.29) is 12.0 Å². The van der Waals surface area contributed by atoms with Crippen molar-refractivity contribution in [1.82, 2.24) is 19.5 Å². The minimum atomic E-state index is -0.387. The van der Waals surface area contributed by atoms with Crippen molar-refractivity contribution in [3.8, 4) is 22.0 Å². The van der Waals surface area contributed by atoms with Gasteiger partial charge >= 0.3 is 5.97 Å². The molecule has 0 aromatic carbocycles. The summed E-state index contributed by atoms with van der Waals surface area (Å²) in [7, 11) is 1.89. The average molecular weight is 420 g/mol. The van der Waals surface area contributed by atoms with Gasteiger partial charge in [-0.2, -0.15) is 0 Å². The fourth-order valence-corrected chi connectivity index (χ4v) is 4.98. The molecule has 8 heteroatoms. The minimum Gasteiger partial charge on any atom is -0.464 e. The predicted molar refractivity (Wildman–Crippen MR) is 118 cm³/mol. The Morgan fingerprint density at radius 2 is 2.17 bits per heavy atom. The van der Waals surface area contributed by atoms with Crippen LogP contribution in [0.5, 0.6) is 0 Å². The number of esters is 1. The van der Waals surface area contributed by atoms with Crippen LogP contribution in [0.2, 0.25) is 0 Å². The number of likely N-dealkylation sites (N-methyl/N-ethyl adjacent to an activating group) is 1. The number of fused-ring (bicyclic) bond motifs is 2. The Morgan fingerprint density at radius 3 is 2.93 bits per heavy atom. The molecule has 5 heterocycles. The van der Waals surface area contributed by atoms with Gasteiger partial charge in [-0.3, -0.25) is 9.97 Å². The first-order valence-corrected chi connectivity index (χ1v) is 10.7. The number of hydrogen-bond acceptors (Lipinski definition) is 7. The van der Waals surface area contributed by atoms with Crippen LogP contribution in [0.1, 0.15) is 12.6 Å². The first-order valence-electron chi connectivity index (χ1n) is 9.84. The SMILES string of the molecule is CCOC(=O)C1Cn2c(nc(-c3cccc(C)n3)c2-c2cc3cnccc3s2)N1C. The number of ether oxygens (including phenoxy) is 1. The lowest BCUT2D eigenvalue weighted by Crippen LogP contribution is -2.37. The quantitative estimate of drug-likeness (QED) is 0.467. The molecular weight excluding hydrogens is 398 g/mol. The number of pyridine rings is 2. The molecule has 0 bridgehead atoms. The Morgan fingerprint density at radius 1 is 1.30 bits per heavy atom. The van der Waals surface area contributed by atoms with Gasteiger partial charge in [-0.25, -0.2) is 9.78 Å². The highest BCUT2D eigenvalue weighted by atomic mass is 32.1. The van der Waals surface area contributed by atoms with Crippen LogP contribution in [0.3, 0.4) is 0 Å². The first-order chi connectivity index (χ1) is 14.6. The first kappa shape index (κ1) is 18.7. The molecule has 0 amide bonds. The Hall–Kier alpha value is -3.26. The van der Waals surface area contributed by atoms with Crippen molar-refractivity contribution in [2.75, 3.05) is 18.6 Å². The topological polar surface area (TPSA) is 73.1 Å². The Kier molecular flexibility index (Phi) is 4.51. The third-order valence-electron chi connectivity index (χ3n) is 5.33. The van der Waals surface area contributed by atoms with Crippen LogP contribution in [0.4, 0.5) is 5.95 Å². The van der Waals surface area contributed by atoms with Gasteiger partial charge in [0.15, 0.2) is 0 Å². The van der Waals surface area contributed by atoms with Gasteiger partial charge in [0.05, 0.1) is 29.4 Å². The van der Waals surface area contributed by atoms with Gasteiger partial charge in [0, 0.05) is 35.2 Å². The standard InChI is InChI=1S/C22H21N5O2S/c1-4-29-21(28)16-12-27-20(18-10-14-11-23-9-8-17(14)30-18)19(25-22(27)26(16)3)15-7-5-6-13(2)24-15/h5-11,16H,4,12H2,1-3H3. The van der Waals surface area contributed by atoms with Crippen molar-refractivity contribution in [2.24, 2.45) is 0 Å². The molecule has 1 atom stereocenters. The second-order valence-electron chi connectivity index (χ2n) is 7.29. The molecule has 0 N–H and O–H groups in total. The van der Waals surface area contributed by atoms with Gasteiger partial charge in [0.1, 0.15) is 11.7 Å². The van der Waals surface area contributed by atoms with Crippen LogP contribution < -0.4 is 4.90 Å². The Bertz CT molecular complexity index is 1230. The highest BCUT2D eigenvalue weighted by molar-refractivity contribution is 7.22. The van der Waals surface area contributed by atoms with E-state index < -0.39 is 0 Å². The molecule has 1 aliphatic rings. The van der Waals surface area contributed by atoms with Crippen LogP contribution in [0.25, 0.3) is 32.0 Å². The molecule has 5 rings (SSSR count). The predicted octanol–water partition coefficient (Wildman–Crippen LogP) is 3.91. The number of thiophene rings is 1. The second kappa shape index (κ2) is 7.21. The van der Waals surface area contributed by atoms with E-state index >= 15 is 0 Å². The summed E-state index contributed by atoms with van der Waals surface area (Å²) in [4.78, 5) is 29.3. The maximum Gasteiger partial charge on any atom is 0.330 e. The number of rotatable bonds is 4. The van der Waals surface area contributed by atoms with Crippen LogP contribution in [-0.2, 0) is 16.1 Å². The Labute approximate surface area is 178 Å². The zero-order valence-electron chi connectivity index (χ0n) is 17.0. The number of aromatic nitrogens is 4. The molecule has 0 radical (unpaired) electrons. The van der Waals surface area contributed by atoms with Crippen molar-refractivity contribution < 1.29 is 9.53 Å². The van der Waals surface area contributed by atoms with E-state index in [0.717, 1.165) is 43.7 Å². The molecule has 4 aromatic rings. The Balaban J connectivity index is 1.70. The van der Waals surface area contributed by atoms with Gasteiger partial charge in [0.2, 0.25) is 5.95 Å². The van der Waals surface area contributed by atoms with E-state index in [9.17, 15) is 4.79 Å². The average Bonchev–Trinajstić information content (AvgIpc) is 3.40. The zero-order chi connectivity index (χ0) is 20.8. The van der Waals surface area contributed by atoms with Gasteiger partial charge in [0.25, 0.3) is 0 Å². The van der Waals surface area contributed by atoms with E-state index in [2.05, 4.69) is 15.6 Å². The molecule has 0 aliphatic carbocycles. The summed E-state index contributed by atoms with van der Waals surface area (Å²) >= 11 is 1.69. The summed E-state index contributed by atoms with van der Waals surface area (Å²) in [6, 6.07) is 9.71. The van der Waals surface area contributed by atoms with E-state index in [1.165, 1.54) is 0 Å². The summed E-state index contributed by atoms with van der Waals surface area (Å²) in [5.74, 6) is 0.518. The summed E-state index contributed by atoms with van der Waals surface area (Å²) in [5.41, 5.74) is 3.55. The molecule has 0 saturated heterocycles. The number of aryl methyl sites for hydroxylation is 1. The highest BCUT2D eigenvalue weighted by Gasteiger charge is 2.38. The molecule has 30 heavy (non-hydrogen) atoms. The summed E-state index contributed by atoms with van der Waals surface area (Å²) in [5, 5.41) is 1.09. The fraction of sp³-hybridized carbons (Fsp3) is 0.273. The second-order valence-corrected chi connectivity index (χ2v) is 8.37. The minimum absolute atomic E-state index is 0.229. The van der Waals surface area contributed by atoms with Crippen LogP contribution in [0, 0.1) is 6.92 Å². The number of carbonyl (C=O) groups excluding carboxylic acids is 1. The fourth-order valence-electron chi connectivity index (χ4n) is 3.89. The number of carbonyl (C=O) groups is 1. The molecule has 1 aliphatic heterocycles. The lowest BCUT2D eigenvalue weighted by atomic mass is 10.1. The normalized spacial score (nSPS) is 15.6. The van der Waals surface area contributed by atoms with Crippen molar-refractivity contribution in [3.05, 3.63) is 48.4 Å². The smallest absolute Gasteiger partial charge is 0.330 e. The van der Waals surface area contributed by atoms with E-state index in [0.29, 0.717) is 13.2 Å². The number of nitrogens with zero attached hydrogens (tertiary/aromatic N) is 5. The van der Waals surface area contributed by atoms with Crippen LogP contribution in [-0.4, -0.2) is 45.2 Å². The molecule has 1 unspecified atom stereocenters. The molecule has 7 nitrogen and oxygen atoms in total. The van der Waals surface area contributed by atoms with E-state index in [1.807, 2.05) is 56.3 Å². The van der Waals surface area contributed by atoms with E-state index in [4.69, 9.17) is 14.7 Å². The molecule has 0 saturated carbocycles. The lowest BCUT2D eigenvalue weighted by Gasteiger charge is -2.18. The maximum atomic E-state index is 12.5. The van der Waals surface area contributed by atoms with Crippen molar-refractivity contribution in [2.45, 2.75) is 26.4 Å². The molecule has 0 fully saturated rings. The summed E-state index contributed by atoms with van der Waals surface area (Å²) < 4.78 is 8.55. The molecule has 0 spiro atoms. The van der Waals surface area contributed by atoms with Crippen molar-refractivity contribution in [3.63, 3.8) is 0 Å². The number of hydrogen-bond donors (Lipinski definition) is 0. The summed E-state index contributed by atoms with van der Waals surface area (Å²) in [6.07, 6.45) is 3.67. The third-order valence-corrected chi connectivity index (χ3v) is 6.45. The number of anilines is 1. The molecule has 4 aromatic heterocycles. The lowest BCUT2D eigenvalue weighted by molar-refractivity contribution is -0.144. The highest BCUT2D eigenvalue weighted by Crippen LogP contribution is 2.42. The monoisotopic (exact) mass is 419 g/mol. The molecule has 152 valence electrons. The van der Waals surface area contributed by atoms with Crippen LogP contribution in [0.15, 0.2) is 42.7 Å². The summed E-state index contributed by atoms with van der Waals surface area (Å²) in [6.45, 7) is 4.65. The van der Waals surface area contributed by atoms with Crippen LogP contribution >= 0.6 is 11.3 Å². The van der Waals surface area contributed by atoms with Gasteiger partial charge in [-0.15, -0.1) is 11.3 Å². The van der Waals surface area contributed by atoms with Crippen molar-refractivity contribution in [1.29, 1.82) is 0 Å². The zero-order valence-corrected chi connectivity index (χ0v) is 17.8. The van der Waals surface area contributed by atoms with E-state index in [1.54, 1.807) is 17.5 Å². The van der Waals surface area contributed by atoms with Gasteiger partial charge in [-0.05, 0) is 38.1 Å². The maximum absolute atomic E-state index is 12.5.